The van der Waals surface area contributed by atoms with Gasteiger partial charge in [-0.3, -0.25) is 9.36 Å². The van der Waals surface area contributed by atoms with Crippen LogP contribution in [-0.2, 0) is 25.5 Å². The Balaban J connectivity index is 1.45. The van der Waals surface area contributed by atoms with Crippen LogP contribution in [0, 0.1) is 0 Å². The van der Waals surface area contributed by atoms with Gasteiger partial charge < -0.3 is 24.8 Å². The number of anilines is 1. The zero-order valence-corrected chi connectivity index (χ0v) is 19.4. The monoisotopic (exact) mass is 502 g/mol. The van der Waals surface area contributed by atoms with Crippen molar-refractivity contribution in [1.29, 1.82) is 0 Å². The number of carbonyl (C=O) groups excluding carboxylic acids is 1. The quantitative estimate of drug-likeness (QED) is 0.546. The predicted octanol–water partition coefficient (Wildman–Crippen LogP) is 2.36. The number of halogens is 1. The Morgan fingerprint density at radius 3 is 2.81 bits per heavy atom. The molecule has 2 saturated heterocycles. The van der Waals surface area contributed by atoms with Crippen LogP contribution in [0.25, 0.3) is 11.2 Å². The maximum absolute atomic E-state index is 12.4. The molecule has 0 unspecified atom stereocenters. The lowest BCUT2D eigenvalue weighted by Gasteiger charge is -2.24. The summed E-state index contributed by atoms with van der Waals surface area (Å²) >= 11 is 3.49. The highest BCUT2D eigenvalue weighted by molar-refractivity contribution is 9.10. The summed E-state index contributed by atoms with van der Waals surface area (Å²) in [5.74, 6) is -0.486. The number of amides is 1. The smallest absolute Gasteiger partial charge is 0.251 e. The molecule has 2 fully saturated rings. The molecular weight excluding hydrogens is 480 g/mol. The number of nitrogens with one attached hydrogen (secondary N) is 2. The molecule has 2 aliphatic rings. The third-order valence-corrected chi connectivity index (χ3v) is 6.01. The van der Waals surface area contributed by atoms with E-state index in [0.29, 0.717) is 23.5 Å². The van der Waals surface area contributed by atoms with Gasteiger partial charge in [0.05, 0.1) is 6.33 Å². The third-order valence-electron chi connectivity index (χ3n) is 5.52. The van der Waals surface area contributed by atoms with Gasteiger partial charge in [0, 0.05) is 18.1 Å². The summed E-state index contributed by atoms with van der Waals surface area (Å²) in [5.41, 5.74) is 2.27. The summed E-state index contributed by atoms with van der Waals surface area (Å²) in [6.07, 6.45) is 0.655. The van der Waals surface area contributed by atoms with Crippen molar-refractivity contribution in [3.63, 3.8) is 0 Å². The van der Waals surface area contributed by atoms with Crippen molar-refractivity contribution in [2.75, 3.05) is 12.4 Å². The molecule has 4 heterocycles. The van der Waals surface area contributed by atoms with E-state index in [1.165, 1.54) is 6.33 Å². The fourth-order valence-corrected chi connectivity index (χ4v) is 4.60. The first-order chi connectivity index (χ1) is 15.4. The van der Waals surface area contributed by atoms with Crippen molar-refractivity contribution in [3.05, 3.63) is 47.0 Å². The molecule has 2 N–H and O–H groups in total. The van der Waals surface area contributed by atoms with Gasteiger partial charge in [-0.15, -0.1) is 0 Å². The van der Waals surface area contributed by atoms with Gasteiger partial charge in [-0.2, -0.15) is 0 Å². The lowest BCUT2D eigenvalue weighted by Crippen LogP contribution is -2.41. The molecule has 10 nitrogen and oxygen atoms in total. The molecule has 1 amide bonds. The van der Waals surface area contributed by atoms with Crippen LogP contribution in [0.3, 0.4) is 0 Å². The van der Waals surface area contributed by atoms with Gasteiger partial charge >= 0.3 is 0 Å². The van der Waals surface area contributed by atoms with Gasteiger partial charge in [0.2, 0.25) is 0 Å². The third kappa shape index (κ3) is 3.75. The van der Waals surface area contributed by atoms with Gasteiger partial charge in [-0.05, 0) is 31.5 Å². The van der Waals surface area contributed by atoms with E-state index in [-0.39, 0.29) is 5.91 Å². The lowest BCUT2D eigenvalue weighted by molar-refractivity contribution is -0.197. The van der Waals surface area contributed by atoms with Crippen molar-refractivity contribution < 1.29 is 19.0 Å². The van der Waals surface area contributed by atoms with E-state index in [4.69, 9.17) is 14.2 Å². The van der Waals surface area contributed by atoms with Crippen molar-refractivity contribution in [1.82, 2.24) is 24.8 Å². The summed E-state index contributed by atoms with van der Waals surface area (Å²) in [5, 5.41) is 5.95. The Bertz CT molecular complexity index is 1170. The minimum Gasteiger partial charge on any atom is -0.364 e. The molecule has 0 radical (unpaired) electrons. The Labute approximate surface area is 192 Å². The second-order valence-corrected chi connectivity index (χ2v) is 9.07. The van der Waals surface area contributed by atoms with Crippen molar-refractivity contribution in [3.8, 4) is 0 Å². The molecule has 168 valence electrons. The fourth-order valence-electron chi connectivity index (χ4n) is 4.15. The summed E-state index contributed by atoms with van der Waals surface area (Å²) in [4.78, 5) is 25.7. The highest BCUT2D eigenvalue weighted by Gasteiger charge is 2.58. The average Bonchev–Trinajstić information content (AvgIpc) is 3.42. The number of likely N-dealkylation sites (N-methyl/N-ethyl adjacent to an activating group) is 1. The molecule has 2 aliphatic heterocycles. The molecule has 4 atom stereocenters. The minimum atomic E-state index is -0.828. The molecule has 3 aromatic rings. The van der Waals surface area contributed by atoms with Crippen LogP contribution < -0.4 is 10.6 Å². The van der Waals surface area contributed by atoms with E-state index < -0.39 is 30.3 Å². The highest BCUT2D eigenvalue weighted by Crippen LogP contribution is 2.43. The van der Waals surface area contributed by atoms with E-state index in [1.54, 1.807) is 17.9 Å². The Hall–Kier alpha value is -2.60. The molecule has 0 bridgehead atoms. The van der Waals surface area contributed by atoms with Crippen LogP contribution in [0.1, 0.15) is 25.6 Å². The van der Waals surface area contributed by atoms with E-state index >= 15 is 0 Å². The normalized spacial score (nSPS) is 26.2. The molecule has 2 aromatic heterocycles. The molecule has 0 aliphatic carbocycles. The van der Waals surface area contributed by atoms with E-state index in [0.717, 1.165) is 10.0 Å². The Kier molecular flexibility index (Phi) is 5.36. The van der Waals surface area contributed by atoms with Crippen LogP contribution in [0.5, 0.6) is 0 Å². The SMILES string of the molecule is CNC(=O)[C@H]1O[C@@H](n2cnc3c(NCc4cccc(Br)c4)ncnc32)[C@@H]2OC(C)(C)O[C@@H]21. The number of hydrogen-bond acceptors (Lipinski definition) is 8. The molecule has 32 heavy (non-hydrogen) atoms. The van der Waals surface area contributed by atoms with E-state index in [9.17, 15) is 4.79 Å². The first kappa shape index (κ1) is 21.3. The number of rotatable bonds is 5. The topological polar surface area (TPSA) is 112 Å². The number of imidazole rings is 1. The Morgan fingerprint density at radius 1 is 1.22 bits per heavy atom. The molecule has 0 spiro atoms. The maximum atomic E-state index is 12.4. The number of benzene rings is 1. The van der Waals surface area contributed by atoms with Crippen LogP contribution in [0.2, 0.25) is 0 Å². The summed E-state index contributed by atoms with van der Waals surface area (Å²) < 4.78 is 20.9. The number of fused-ring (bicyclic) bond motifs is 2. The number of aromatic nitrogens is 4. The number of carbonyl (C=O) groups is 1. The first-order valence-corrected chi connectivity index (χ1v) is 11.0. The van der Waals surface area contributed by atoms with Gasteiger partial charge in [0.1, 0.15) is 18.5 Å². The van der Waals surface area contributed by atoms with Gasteiger partial charge in [-0.1, -0.05) is 28.1 Å². The highest BCUT2D eigenvalue weighted by atomic mass is 79.9. The van der Waals surface area contributed by atoms with Crippen molar-refractivity contribution >= 4 is 38.8 Å². The minimum absolute atomic E-state index is 0.265. The van der Waals surface area contributed by atoms with Crippen LogP contribution in [0.15, 0.2) is 41.4 Å². The average molecular weight is 503 g/mol. The summed E-state index contributed by atoms with van der Waals surface area (Å²) in [7, 11) is 1.57. The molecule has 11 heteroatoms. The number of nitrogens with zero attached hydrogens (tertiary/aromatic N) is 4. The van der Waals surface area contributed by atoms with Crippen molar-refractivity contribution in [2.45, 2.75) is 50.7 Å². The molecule has 1 aromatic carbocycles. The molecule has 5 rings (SSSR count). The molecular formula is C21H23BrN6O4. The zero-order valence-electron chi connectivity index (χ0n) is 17.8. The fraction of sp³-hybridized carbons (Fsp3) is 0.429. The lowest BCUT2D eigenvalue weighted by atomic mass is 10.1. The van der Waals surface area contributed by atoms with E-state index in [1.807, 2.05) is 38.1 Å². The Morgan fingerprint density at radius 2 is 2.03 bits per heavy atom. The number of hydrogen-bond donors (Lipinski definition) is 2. The predicted molar refractivity (Wildman–Crippen MR) is 119 cm³/mol. The van der Waals surface area contributed by atoms with Crippen LogP contribution in [-0.4, -0.2) is 56.6 Å². The zero-order chi connectivity index (χ0) is 22.5. The van der Waals surface area contributed by atoms with Gasteiger partial charge in [-0.25, -0.2) is 15.0 Å². The van der Waals surface area contributed by atoms with Gasteiger partial charge in [0.25, 0.3) is 5.91 Å². The van der Waals surface area contributed by atoms with Crippen LogP contribution >= 0.6 is 15.9 Å². The van der Waals surface area contributed by atoms with Gasteiger partial charge in [0.15, 0.2) is 35.1 Å². The largest absolute Gasteiger partial charge is 0.364 e. The molecule has 0 saturated carbocycles. The number of ether oxygens (including phenoxy) is 3. The second-order valence-electron chi connectivity index (χ2n) is 8.16. The summed E-state index contributed by atoms with van der Waals surface area (Å²) in [6, 6.07) is 8.02. The summed E-state index contributed by atoms with van der Waals surface area (Å²) in [6.45, 7) is 4.22. The van der Waals surface area contributed by atoms with Crippen LogP contribution in [0.4, 0.5) is 5.82 Å². The van der Waals surface area contributed by atoms with Crippen molar-refractivity contribution in [2.24, 2.45) is 0 Å². The second kappa shape index (κ2) is 8.07. The maximum Gasteiger partial charge on any atom is 0.251 e. The standard InChI is InChI=1S/C21H23BrN6O4/c1-21(2)31-14-15(19(29)23-3)30-20(16(14)32-21)28-10-27-13-17(25-9-26-18(13)28)24-8-11-5-4-6-12(22)7-11/h4-7,9-10,14-16,20H,8H2,1-3H3,(H,23,29)(H,24,25,26)/t14-,15+,16-,20-/m1/s1. The van der Waals surface area contributed by atoms with E-state index in [2.05, 4.69) is 41.5 Å². The first-order valence-electron chi connectivity index (χ1n) is 10.2.